The van der Waals surface area contributed by atoms with Crippen molar-refractivity contribution in [2.24, 2.45) is 0 Å². The number of hydrogen-bond acceptors (Lipinski definition) is 3. The average Bonchev–Trinajstić information content (AvgIpc) is 2.37. The molecule has 0 saturated heterocycles. The molecule has 4 heteroatoms. The van der Waals surface area contributed by atoms with Gasteiger partial charge in [-0.2, -0.15) is 0 Å². The highest BCUT2D eigenvalue weighted by Gasteiger charge is 2.38. The lowest BCUT2D eigenvalue weighted by Crippen LogP contribution is -2.43. The SMILES string of the molecule is CC(CCOC(=O)c1ccccc1)O[Si](C)(C)C(C)(C)C. The van der Waals surface area contributed by atoms with Crippen LogP contribution in [0.1, 0.15) is 44.5 Å². The van der Waals surface area contributed by atoms with Crippen molar-refractivity contribution in [3.05, 3.63) is 35.9 Å². The molecule has 0 bridgehead atoms. The summed E-state index contributed by atoms with van der Waals surface area (Å²) in [5.74, 6) is -0.268. The molecule has 0 saturated carbocycles. The molecular weight excluding hydrogens is 280 g/mol. The number of hydrogen-bond donors (Lipinski definition) is 0. The smallest absolute Gasteiger partial charge is 0.338 e. The number of carbonyl (C=O) groups excluding carboxylic acids is 1. The molecular formula is C17H28O3Si. The molecule has 0 aliphatic heterocycles. The summed E-state index contributed by atoms with van der Waals surface area (Å²) in [5.41, 5.74) is 0.593. The second-order valence-electron chi connectivity index (χ2n) is 6.98. The van der Waals surface area contributed by atoms with Gasteiger partial charge in [0.2, 0.25) is 0 Å². The van der Waals surface area contributed by atoms with E-state index in [0.717, 1.165) is 6.42 Å². The van der Waals surface area contributed by atoms with Crippen LogP contribution in [0, 0.1) is 0 Å². The zero-order chi connectivity index (χ0) is 16.1. The van der Waals surface area contributed by atoms with Gasteiger partial charge in [-0.1, -0.05) is 39.0 Å². The first kappa shape index (κ1) is 17.9. The Bertz CT molecular complexity index is 449. The molecule has 0 fully saturated rings. The quantitative estimate of drug-likeness (QED) is 0.567. The summed E-state index contributed by atoms with van der Waals surface area (Å²) in [6.45, 7) is 13.6. The van der Waals surface area contributed by atoms with Crippen LogP contribution in [0.5, 0.6) is 0 Å². The van der Waals surface area contributed by atoms with Crippen LogP contribution in [0.15, 0.2) is 30.3 Å². The predicted molar refractivity (Wildman–Crippen MR) is 89.1 cm³/mol. The van der Waals surface area contributed by atoms with E-state index in [4.69, 9.17) is 9.16 Å². The molecule has 0 aliphatic carbocycles. The van der Waals surface area contributed by atoms with E-state index in [1.165, 1.54) is 0 Å². The zero-order valence-electron chi connectivity index (χ0n) is 14.1. The first-order valence-electron chi connectivity index (χ1n) is 7.53. The summed E-state index contributed by atoms with van der Waals surface area (Å²) in [5, 5.41) is 0.196. The first-order chi connectivity index (χ1) is 9.63. The lowest BCUT2D eigenvalue weighted by atomic mass is 10.2. The van der Waals surface area contributed by atoms with Crippen LogP contribution in [-0.2, 0) is 9.16 Å². The predicted octanol–water partition coefficient (Wildman–Crippen LogP) is 4.64. The highest BCUT2D eigenvalue weighted by Crippen LogP contribution is 2.37. The molecule has 1 aromatic carbocycles. The number of esters is 1. The van der Waals surface area contributed by atoms with E-state index in [1.807, 2.05) is 18.2 Å². The molecule has 1 atom stereocenters. The Morgan fingerprint density at radius 3 is 2.29 bits per heavy atom. The summed E-state index contributed by atoms with van der Waals surface area (Å²) in [4.78, 5) is 11.8. The van der Waals surface area contributed by atoms with Crippen molar-refractivity contribution in [2.75, 3.05) is 6.61 Å². The highest BCUT2D eigenvalue weighted by molar-refractivity contribution is 6.74. The van der Waals surface area contributed by atoms with Gasteiger partial charge in [-0.15, -0.1) is 0 Å². The number of ether oxygens (including phenoxy) is 1. The van der Waals surface area contributed by atoms with Crippen LogP contribution in [0.25, 0.3) is 0 Å². The summed E-state index contributed by atoms with van der Waals surface area (Å²) in [6.07, 6.45) is 0.833. The van der Waals surface area contributed by atoms with E-state index in [9.17, 15) is 4.79 Å². The maximum atomic E-state index is 11.8. The van der Waals surface area contributed by atoms with Crippen LogP contribution in [-0.4, -0.2) is 27.0 Å². The molecule has 0 aliphatic rings. The van der Waals surface area contributed by atoms with Crippen molar-refractivity contribution in [2.45, 2.75) is 58.4 Å². The van der Waals surface area contributed by atoms with E-state index in [2.05, 4.69) is 40.8 Å². The Balaban J connectivity index is 2.38. The van der Waals surface area contributed by atoms with E-state index < -0.39 is 8.32 Å². The van der Waals surface area contributed by atoms with Gasteiger partial charge in [0.1, 0.15) is 0 Å². The van der Waals surface area contributed by atoms with Gasteiger partial charge in [-0.05, 0) is 37.2 Å². The largest absolute Gasteiger partial charge is 0.462 e. The van der Waals surface area contributed by atoms with Crippen LogP contribution < -0.4 is 0 Å². The van der Waals surface area contributed by atoms with Gasteiger partial charge in [-0.25, -0.2) is 4.79 Å². The normalized spacial score (nSPS) is 13.8. The minimum Gasteiger partial charge on any atom is -0.462 e. The zero-order valence-corrected chi connectivity index (χ0v) is 15.1. The summed E-state index contributed by atoms with van der Waals surface area (Å²) in [7, 11) is -1.75. The van der Waals surface area contributed by atoms with Crippen molar-refractivity contribution in [1.29, 1.82) is 0 Å². The number of benzene rings is 1. The lowest BCUT2D eigenvalue weighted by molar-refractivity contribution is 0.0450. The fraction of sp³-hybridized carbons (Fsp3) is 0.588. The third kappa shape index (κ3) is 5.63. The van der Waals surface area contributed by atoms with E-state index >= 15 is 0 Å². The topological polar surface area (TPSA) is 35.5 Å². The molecule has 21 heavy (non-hydrogen) atoms. The molecule has 1 unspecified atom stereocenters. The molecule has 1 aromatic rings. The van der Waals surface area contributed by atoms with Gasteiger partial charge < -0.3 is 9.16 Å². The van der Waals surface area contributed by atoms with Crippen molar-refractivity contribution < 1.29 is 14.0 Å². The van der Waals surface area contributed by atoms with Gasteiger partial charge in [0.15, 0.2) is 8.32 Å². The standard InChI is InChI=1S/C17H28O3Si/c1-14(20-21(5,6)17(2,3)4)12-13-19-16(18)15-10-8-7-9-11-15/h7-11,14H,12-13H2,1-6H3. The molecule has 118 valence electrons. The Hall–Kier alpha value is -1.13. The van der Waals surface area contributed by atoms with Crippen molar-refractivity contribution in [1.82, 2.24) is 0 Å². The Labute approximate surface area is 129 Å². The van der Waals surface area contributed by atoms with Gasteiger partial charge in [0, 0.05) is 12.5 Å². The fourth-order valence-electron chi connectivity index (χ4n) is 1.71. The Kier molecular flexibility index (Phi) is 6.17. The summed E-state index contributed by atoms with van der Waals surface area (Å²) in [6, 6.07) is 9.07. The average molecular weight is 308 g/mol. The fourth-order valence-corrected chi connectivity index (χ4v) is 3.19. The highest BCUT2D eigenvalue weighted by atomic mass is 28.4. The Morgan fingerprint density at radius 2 is 1.76 bits per heavy atom. The molecule has 0 heterocycles. The third-order valence-corrected chi connectivity index (χ3v) is 8.67. The monoisotopic (exact) mass is 308 g/mol. The number of carbonyl (C=O) groups is 1. The second kappa shape index (κ2) is 7.23. The van der Waals surface area contributed by atoms with Crippen LogP contribution in [0.2, 0.25) is 18.1 Å². The lowest BCUT2D eigenvalue weighted by Gasteiger charge is -2.38. The van der Waals surface area contributed by atoms with E-state index in [1.54, 1.807) is 12.1 Å². The molecule has 0 amide bonds. The molecule has 0 N–H and O–H groups in total. The molecule has 3 nitrogen and oxygen atoms in total. The summed E-state index contributed by atoms with van der Waals surface area (Å²) < 4.78 is 11.5. The maximum Gasteiger partial charge on any atom is 0.338 e. The molecule has 1 rings (SSSR count). The van der Waals surface area contributed by atoms with Crippen LogP contribution in [0.4, 0.5) is 0 Å². The van der Waals surface area contributed by atoms with Gasteiger partial charge in [-0.3, -0.25) is 0 Å². The Morgan fingerprint density at radius 1 is 1.19 bits per heavy atom. The van der Waals surface area contributed by atoms with Crippen LogP contribution >= 0.6 is 0 Å². The van der Waals surface area contributed by atoms with E-state index in [-0.39, 0.29) is 17.1 Å². The van der Waals surface area contributed by atoms with E-state index in [0.29, 0.717) is 12.2 Å². The third-order valence-electron chi connectivity index (χ3n) is 4.07. The molecule has 0 spiro atoms. The minimum absolute atomic E-state index is 0.106. The minimum atomic E-state index is -1.75. The van der Waals surface area contributed by atoms with Crippen LogP contribution in [0.3, 0.4) is 0 Å². The van der Waals surface area contributed by atoms with Crippen molar-refractivity contribution >= 4 is 14.3 Å². The van der Waals surface area contributed by atoms with Crippen molar-refractivity contribution in [3.8, 4) is 0 Å². The molecule has 0 aromatic heterocycles. The van der Waals surface area contributed by atoms with Gasteiger partial charge in [0.05, 0.1) is 12.2 Å². The number of rotatable bonds is 6. The summed E-state index contributed by atoms with van der Waals surface area (Å²) >= 11 is 0. The van der Waals surface area contributed by atoms with Gasteiger partial charge >= 0.3 is 5.97 Å². The first-order valence-corrected chi connectivity index (χ1v) is 10.4. The van der Waals surface area contributed by atoms with Crippen molar-refractivity contribution in [3.63, 3.8) is 0 Å². The second-order valence-corrected chi connectivity index (χ2v) is 11.7. The van der Waals surface area contributed by atoms with Gasteiger partial charge in [0.25, 0.3) is 0 Å². The maximum absolute atomic E-state index is 11.8. The molecule has 0 radical (unpaired) electrons.